The van der Waals surface area contributed by atoms with Gasteiger partial charge in [-0.1, -0.05) is 0 Å². The maximum atomic E-state index is 11.3. The zero-order valence-corrected chi connectivity index (χ0v) is 9.43. The van der Waals surface area contributed by atoms with Crippen molar-refractivity contribution in [1.29, 1.82) is 0 Å². The lowest BCUT2D eigenvalue weighted by molar-refractivity contribution is -0.0230. The Labute approximate surface area is 103 Å². The van der Waals surface area contributed by atoms with E-state index in [9.17, 15) is 15.0 Å². The Bertz CT molecular complexity index is 453. The molecule has 0 bridgehead atoms. The van der Waals surface area contributed by atoms with Crippen molar-refractivity contribution in [3.8, 4) is 0 Å². The molecule has 1 aliphatic rings. The lowest BCUT2D eigenvalue weighted by Gasteiger charge is -2.16. The number of primary amides is 1. The van der Waals surface area contributed by atoms with Crippen LogP contribution in [0.2, 0.25) is 0 Å². The summed E-state index contributed by atoms with van der Waals surface area (Å²) in [5.74, 6) is -0.676. The van der Waals surface area contributed by atoms with Gasteiger partial charge in [0.1, 0.15) is 24.4 Å². The molecule has 18 heavy (non-hydrogen) atoms. The largest absolute Gasteiger partial charge is 0.394 e. The van der Waals surface area contributed by atoms with E-state index in [-0.39, 0.29) is 5.56 Å². The molecule has 1 aromatic rings. The molecule has 1 amide bonds. The van der Waals surface area contributed by atoms with Crippen LogP contribution in [0.1, 0.15) is 22.0 Å². The van der Waals surface area contributed by atoms with Gasteiger partial charge in [0.15, 0.2) is 0 Å². The van der Waals surface area contributed by atoms with E-state index >= 15 is 0 Å². The Balaban J connectivity index is 2.35. The van der Waals surface area contributed by atoms with Crippen LogP contribution in [-0.2, 0) is 4.74 Å². The molecule has 98 valence electrons. The third-order valence-corrected chi connectivity index (χ3v) is 2.97. The number of amides is 1. The Morgan fingerprint density at radius 3 is 2.72 bits per heavy atom. The predicted molar refractivity (Wildman–Crippen MR) is 59.5 cm³/mol. The molecule has 2 rings (SSSR count). The maximum Gasteiger partial charge on any atom is 0.249 e. The molecule has 2 heterocycles. The number of aromatic nitrogens is 1. The fourth-order valence-electron chi connectivity index (χ4n) is 2.01. The molecule has 1 fully saturated rings. The number of aliphatic hydroxyl groups excluding tert-OH is 3. The SMILES string of the molecule is NC(=O)c1ccncc1C1O[C@H](CO)[C@@H](O)[C@H]1O. The zero-order chi connectivity index (χ0) is 13.3. The first-order valence-corrected chi connectivity index (χ1v) is 5.42. The van der Waals surface area contributed by atoms with Crippen LogP contribution in [0.3, 0.4) is 0 Å². The lowest BCUT2D eigenvalue weighted by atomic mass is 9.99. The van der Waals surface area contributed by atoms with Crippen molar-refractivity contribution in [2.24, 2.45) is 5.73 Å². The molecule has 1 saturated heterocycles. The van der Waals surface area contributed by atoms with Gasteiger partial charge in [-0.25, -0.2) is 0 Å². The number of ether oxygens (including phenoxy) is 1. The van der Waals surface area contributed by atoms with Crippen LogP contribution in [0, 0.1) is 0 Å². The number of rotatable bonds is 3. The number of nitrogens with two attached hydrogens (primary N) is 1. The minimum absolute atomic E-state index is 0.167. The number of pyridine rings is 1. The van der Waals surface area contributed by atoms with Gasteiger partial charge in [-0.05, 0) is 6.07 Å². The number of carbonyl (C=O) groups excluding carboxylic acids is 1. The van der Waals surface area contributed by atoms with E-state index in [1.165, 1.54) is 18.5 Å². The molecule has 0 spiro atoms. The average molecular weight is 254 g/mol. The molecule has 0 aliphatic carbocycles. The van der Waals surface area contributed by atoms with E-state index in [0.29, 0.717) is 5.56 Å². The van der Waals surface area contributed by atoms with Crippen LogP contribution in [0.25, 0.3) is 0 Å². The monoisotopic (exact) mass is 254 g/mol. The fraction of sp³-hybridized carbons (Fsp3) is 0.455. The highest BCUT2D eigenvalue weighted by molar-refractivity contribution is 5.94. The summed E-state index contributed by atoms with van der Waals surface area (Å²) in [7, 11) is 0. The van der Waals surface area contributed by atoms with Crippen molar-refractivity contribution in [1.82, 2.24) is 4.98 Å². The Morgan fingerprint density at radius 2 is 2.17 bits per heavy atom. The fourth-order valence-corrected chi connectivity index (χ4v) is 2.01. The average Bonchev–Trinajstić information content (AvgIpc) is 2.66. The summed E-state index contributed by atoms with van der Waals surface area (Å²) in [5, 5.41) is 28.5. The highest BCUT2D eigenvalue weighted by atomic mass is 16.6. The van der Waals surface area contributed by atoms with Crippen LogP contribution < -0.4 is 5.73 Å². The second-order valence-electron chi connectivity index (χ2n) is 4.09. The van der Waals surface area contributed by atoms with E-state index in [4.69, 9.17) is 15.6 Å². The van der Waals surface area contributed by atoms with Gasteiger partial charge in [0, 0.05) is 23.5 Å². The van der Waals surface area contributed by atoms with Gasteiger partial charge < -0.3 is 25.8 Å². The molecule has 1 unspecified atom stereocenters. The highest BCUT2D eigenvalue weighted by Gasteiger charge is 2.44. The summed E-state index contributed by atoms with van der Waals surface area (Å²) >= 11 is 0. The zero-order valence-electron chi connectivity index (χ0n) is 9.43. The molecule has 1 aromatic heterocycles. The Hall–Kier alpha value is -1.54. The lowest BCUT2D eigenvalue weighted by Crippen LogP contribution is -2.32. The van der Waals surface area contributed by atoms with Crippen molar-refractivity contribution in [2.45, 2.75) is 24.4 Å². The summed E-state index contributed by atoms with van der Waals surface area (Å²) in [6, 6.07) is 1.41. The highest BCUT2D eigenvalue weighted by Crippen LogP contribution is 2.34. The van der Waals surface area contributed by atoms with Gasteiger partial charge in [-0.3, -0.25) is 9.78 Å². The number of aliphatic hydroxyl groups is 3. The van der Waals surface area contributed by atoms with Crippen molar-refractivity contribution in [3.05, 3.63) is 29.6 Å². The molecular formula is C11H14N2O5. The second-order valence-corrected chi connectivity index (χ2v) is 4.09. The smallest absolute Gasteiger partial charge is 0.249 e. The van der Waals surface area contributed by atoms with Gasteiger partial charge in [-0.2, -0.15) is 0 Å². The topological polar surface area (TPSA) is 126 Å². The third-order valence-electron chi connectivity index (χ3n) is 2.97. The molecule has 7 heteroatoms. The van der Waals surface area contributed by atoms with E-state index < -0.39 is 36.9 Å². The normalized spacial score (nSPS) is 31.5. The summed E-state index contributed by atoms with van der Waals surface area (Å²) < 4.78 is 5.31. The first-order chi connectivity index (χ1) is 8.56. The van der Waals surface area contributed by atoms with E-state index in [2.05, 4.69) is 4.98 Å². The molecular weight excluding hydrogens is 240 g/mol. The van der Waals surface area contributed by atoms with Crippen molar-refractivity contribution >= 4 is 5.91 Å². The van der Waals surface area contributed by atoms with E-state index in [1.54, 1.807) is 0 Å². The molecule has 7 nitrogen and oxygen atoms in total. The number of hydrogen-bond donors (Lipinski definition) is 4. The minimum Gasteiger partial charge on any atom is -0.394 e. The third kappa shape index (κ3) is 2.08. The maximum absolute atomic E-state index is 11.3. The minimum atomic E-state index is -1.25. The Kier molecular flexibility index (Phi) is 3.58. The predicted octanol–water partition coefficient (Wildman–Crippen LogP) is -1.67. The number of hydrogen-bond acceptors (Lipinski definition) is 6. The summed E-state index contributed by atoms with van der Waals surface area (Å²) in [6.45, 7) is -0.430. The molecule has 4 atom stereocenters. The summed E-state index contributed by atoms with van der Waals surface area (Å²) in [4.78, 5) is 15.1. The van der Waals surface area contributed by atoms with Gasteiger partial charge >= 0.3 is 0 Å². The van der Waals surface area contributed by atoms with Crippen LogP contribution in [0.5, 0.6) is 0 Å². The van der Waals surface area contributed by atoms with Crippen LogP contribution in [0.4, 0.5) is 0 Å². The quantitative estimate of drug-likeness (QED) is 0.511. The second kappa shape index (κ2) is 4.99. The molecule has 5 N–H and O–H groups in total. The van der Waals surface area contributed by atoms with Gasteiger partial charge in [0.25, 0.3) is 0 Å². The van der Waals surface area contributed by atoms with Crippen molar-refractivity contribution < 1.29 is 24.9 Å². The van der Waals surface area contributed by atoms with Crippen LogP contribution in [-0.4, -0.2) is 51.1 Å². The molecule has 0 radical (unpaired) electrons. The molecule has 1 aliphatic heterocycles. The van der Waals surface area contributed by atoms with Crippen molar-refractivity contribution in [3.63, 3.8) is 0 Å². The van der Waals surface area contributed by atoms with Gasteiger partial charge in [-0.15, -0.1) is 0 Å². The number of carbonyl (C=O) groups is 1. The standard InChI is InChI=1S/C11H14N2O5/c12-11(17)5-1-2-13-3-6(5)10-9(16)8(15)7(4-14)18-10/h1-3,7-10,14-16H,4H2,(H2,12,17)/t7-,8-,9-,10?/m1/s1. The van der Waals surface area contributed by atoms with Gasteiger partial charge in [0.05, 0.1) is 6.61 Å². The Morgan fingerprint density at radius 1 is 1.44 bits per heavy atom. The number of nitrogens with zero attached hydrogens (tertiary/aromatic N) is 1. The van der Waals surface area contributed by atoms with Crippen molar-refractivity contribution in [2.75, 3.05) is 6.61 Å². The first kappa shape index (κ1) is 12.9. The van der Waals surface area contributed by atoms with Crippen LogP contribution in [0.15, 0.2) is 18.5 Å². The van der Waals surface area contributed by atoms with Gasteiger partial charge in [0.2, 0.25) is 5.91 Å². The molecule has 0 aromatic carbocycles. The van der Waals surface area contributed by atoms with E-state index in [0.717, 1.165) is 0 Å². The first-order valence-electron chi connectivity index (χ1n) is 5.42. The summed E-state index contributed by atoms with van der Waals surface area (Å²) in [5.41, 5.74) is 5.68. The molecule has 0 saturated carbocycles. The van der Waals surface area contributed by atoms with E-state index in [1.807, 2.05) is 0 Å². The van der Waals surface area contributed by atoms with Crippen LogP contribution >= 0.6 is 0 Å². The summed E-state index contributed by atoms with van der Waals surface area (Å²) in [6.07, 6.45) is -1.56.